The first-order valence-electron chi connectivity index (χ1n) is 6.11. The van der Waals surface area contributed by atoms with Gasteiger partial charge in [-0.3, -0.25) is 0 Å². The van der Waals surface area contributed by atoms with Crippen LogP contribution in [0.15, 0.2) is 73.3 Å². The third-order valence-corrected chi connectivity index (χ3v) is 2.45. The van der Waals surface area contributed by atoms with Gasteiger partial charge in [-0.25, -0.2) is 0 Å². The number of allylic oxidation sites excluding steroid dienone is 8. The fourth-order valence-electron chi connectivity index (χ4n) is 1.28. The van der Waals surface area contributed by atoms with Gasteiger partial charge in [-0.1, -0.05) is 51.3 Å². The van der Waals surface area contributed by atoms with Crippen LogP contribution in [0, 0.1) is 5.41 Å². The van der Waals surface area contributed by atoms with Crippen LogP contribution in [0.2, 0.25) is 0 Å². The first kappa shape index (κ1) is 17.0. The summed E-state index contributed by atoms with van der Waals surface area (Å²) in [6.45, 7) is 11.6. The van der Waals surface area contributed by atoms with Gasteiger partial charge in [0.05, 0.1) is 14.2 Å². The minimum atomic E-state index is -0.0625. The van der Waals surface area contributed by atoms with E-state index in [0.29, 0.717) is 0 Å². The first-order chi connectivity index (χ1) is 8.99. The highest BCUT2D eigenvalue weighted by Crippen LogP contribution is 2.19. The Morgan fingerprint density at radius 1 is 0.842 bits per heavy atom. The Hall–Kier alpha value is -1.96. The van der Waals surface area contributed by atoms with Crippen LogP contribution >= 0.6 is 0 Å². The second-order valence-corrected chi connectivity index (χ2v) is 4.49. The normalized spacial score (nSPS) is 13.9. The van der Waals surface area contributed by atoms with E-state index in [1.165, 1.54) is 0 Å². The standard InChI is InChI=1S/C17H24O2/c1-7-15(18-5)11-9-13-17(3,4)14-10-12-16(8-2)19-6/h7-14H,1-2H2,3-6H3/b13-9+,14-10+,15-11+,16-12+. The van der Waals surface area contributed by atoms with Crippen LogP contribution in [0.1, 0.15) is 13.8 Å². The first-order valence-corrected chi connectivity index (χ1v) is 6.11. The average Bonchev–Trinajstić information content (AvgIpc) is 2.39. The summed E-state index contributed by atoms with van der Waals surface area (Å²) in [7, 11) is 3.25. The quantitative estimate of drug-likeness (QED) is 0.470. The van der Waals surface area contributed by atoms with E-state index in [-0.39, 0.29) is 5.41 Å². The fourth-order valence-corrected chi connectivity index (χ4v) is 1.28. The molecule has 19 heavy (non-hydrogen) atoms. The van der Waals surface area contributed by atoms with Gasteiger partial charge in [-0.05, 0) is 24.3 Å². The van der Waals surface area contributed by atoms with E-state index in [4.69, 9.17) is 9.47 Å². The molecule has 0 fully saturated rings. The molecule has 0 aliphatic heterocycles. The number of ether oxygens (including phenoxy) is 2. The van der Waals surface area contributed by atoms with Crippen molar-refractivity contribution in [3.63, 3.8) is 0 Å². The zero-order chi connectivity index (χ0) is 14.7. The molecule has 2 nitrogen and oxygen atoms in total. The van der Waals surface area contributed by atoms with Gasteiger partial charge in [0, 0.05) is 5.41 Å². The van der Waals surface area contributed by atoms with Gasteiger partial charge < -0.3 is 9.47 Å². The van der Waals surface area contributed by atoms with Crippen molar-refractivity contribution in [3.8, 4) is 0 Å². The van der Waals surface area contributed by atoms with Crippen LogP contribution in [-0.2, 0) is 9.47 Å². The monoisotopic (exact) mass is 260 g/mol. The molecule has 0 aliphatic rings. The molecular formula is C17H24O2. The second-order valence-electron chi connectivity index (χ2n) is 4.49. The maximum atomic E-state index is 5.09. The molecule has 0 aromatic carbocycles. The van der Waals surface area contributed by atoms with Crippen molar-refractivity contribution in [2.24, 2.45) is 5.41 Å². The molecule has 0 aromatic heterocycles. The Morgan fingerprint density at radius 2 is 1.21 bits per heavy atom. The molecule has 0 saturated heterocycles. The van der Waals surface area contributed by atoms with E-state index in [0.717, 1.165) is 11.5 Å². The van der Waals surface area contributed by atoms with Gasteiger partial charge in [0.15, 0.2) is 0 Å². The Morgan fingerprint density at radius 3 is 1.47 bits per heavy atom. The highest BCUT2D eigenvalue weighted by molar-refractivity contribution is 5.22. The summed E-state index contributed by atoms with van der Waals surface area (Å²) in [6.07, 6.45) is 15.2. The van der Waals surface area contributed by atoms with E-state index in [2.05, 4.69) is 39.2 Å². The highest BCUT2D eigenvalue weighted by atomic mass is 16.5. The Labute approximate surface area is 117 Å². The lowest BCUT2D eigenvalue weighted by molar-refractivity contribution is 0.307. The van der Waals surface area contributed by atoms with Crippen molar-refractivity contribution < 1.29 is 9.47 Å². The van der Waals surface area contributed by atoms with E-state index in [9.17, 15) is 0 Å². The molecule has 0 aliphatic carbocycles. The summed E-state index contributed by atoms with van der Waals surface area (Å²) in [5.74, 6) is 1.48. The van der Waals surface area contributed by atoms with Gasteiger partial charge in [0.25, 0.3) is 0 Å². The number of hydrogen-bond acceptors (Lipinski definition) is 2. The minimum Gasteiger partial charge on any atom is -0.497 e. The Bertz CT molecular complexity index is 369. The summed E-state index contributed by atoms with van der Waals surface area (Å²) >= 11 is 0. The predicted octanol–water partition coefficient (Wildman–Crippen LogP) is 4.56. The maximum Gasteiger partial charge on any atom is 0.118 e. The molecule has 104 valence electrons. The number of rotatable bonds is 8. The molecule has 0 saturated carbocycles. The largest absolute Gasteiger partial charge is 0.497 e. The van der Waals surface area contributed by atoms with Crippen molar-refractivity contribution >= 4 is 0 Å². The molecule has 0 N–H and O–H groups in total. The fraction of sp³-hybridized carbons (Fsp3) is 0.294. The van der Waals surface area contributed by atoms with E-state index < -0.39 is 0 Å². The molecule has 0 unspecified atom stereocenters. The SMILES string of the molecule is C=C/C(=C\C=C\C(C)(C)/C=C/C=C(\C=C)OC)OC. The molecule has 0 atom stereocenters. The molecule has 0 bridgehead atoms. The number of hydrogen-bond donors (Lipinski definition) is 0. The van der Waals surface area contributed by atoms with Crippen molar-refractivity contribution in [2.45, 2.75) is 13.8 Å². The molecule has 0 radical (unpaired) electrons. The molecule has 0 rings (SSSR count). The molecule has 0 aromatic rings. The lowest BCUT2D eigenvalue weighted by atomic mass is 9.92. The highest BCUT2D eigenvalue weighted by Gasteiger charge is 2.07. The molecular weight excluding hydrogens is 236 g/mol. The predicted molar refractivity (Wildman–Crippen MR) is 82.6 cm³/mol. The smallest absolute Gasteiger partial charge is 0.118 e. The summed E-state index contributed by atoms with van der Waals surface area (Å²) in [4.78, 5) is 0. The molecule has 0 amide bonds. The molecule has 0 spiro atoms. The minimum absolute atomic E-state index is 0.0625. The number of methoxy groups -OCH3 is 2. The molecule has 2 heteroatoms. The van der Waals surface area contributed by atoms with Crippen LogP contribution < -0.4 is 0 Å². The van der Waals surface area contributed by atoms with Crippen molar-refractivity contribution in [1.29, 1.82) is 0 Å². The molecule has 0 heterocycles. The zero-order valence-electron chi connectivity index (χ0n) is 12.3. The van der Waals surface area contributed by atoms with E-state index in [1.54, 1.807) is 26.4 Å². The van der Waals surface area contributed by atoms with Gasteiger partial charge >= 0.3 is 0 Å². The average molecular weight is 260 g/mol. The summed E-state index contributed by atoms with van der Waals surface area (Å²) < 4.78 is 10.2. The van der Waals surface area contributed by atoms with E-state index in [1.807, 2.05) is 24.3 Å². The summed E-state index contributed by atoms with van der Waals surface area (Å²) in [5, 5.41) is 0. The lowest BCUT2D eigenvalue weighted by Gasteiger charge is -2.13. The van der Waals surface area contributed by atoms with Crippen molar-refractivity contribution in [1.82, 2.24) is 0 Å². The third-order valence-electron chi connectivity index (χ3n) is 2.45. The van der Waals surface area contributed by atoms with Gasteiger partial charge in [0.2, 0.25) is 0 Å². The topological polar surface area (TPSA) is 18.5 Å². The Balaban J connectivity index is 4.72. The van der Waals surface area contributed by atoms with Crippen LogP contribution in [-0.4, -0.2) is 14.2 Å². The van der Waals surface area contributed by atoms with E-state index >= 15 is 0 Å². The van der Waals surface area contributed by atoms with Gasteiger partial charge in [0.1, 0.15) is 11.5 Å². The van der Waals surface area contributed by atoms with Crippen LogP contribution in [0.3, 0.4) is 0 Å². The van der Waals surface area contributed by atoms with Crippen molar-refractivity contribution in [2.75, 3.05) is 14.2 Å². The van der Waals surface area contributed by atoms with Crippen LogP contribution in [0.25, 0.3) is 0 Å². The third kappa shape index (κ3) is 7.87. The Kier molecular flexibility index (Phi) is 8.10. The van der Waals surface area contributed by atoms with Gasteiger partial charge in [-0.2, -0.15) is 0 Å². The zero-order valence-corrected chi connectivity index (χ0v) is 12.3. The van der Waals surface area contributed by atoms with Crippen LogP contribution in [0.5, 0.6) is 0 Å². The van der Waals surface area contributed by atoms with Crippen molar-refractivity contribution in [3.05, 3.63) is 73.3 Å². The van der Waals surface area contributed by atoms with Gasteiger partial charge in [-0.15, -0.1) is 0 Å². The second kappa shape index (κ2) is 9.03. The lowest BCUT2D eigenvalue weighted by Crippen LogP contribution is -2.01. The summed E-state index contributed by atoms with van der Waals surface area (Å²) in [5.41, 5.74) is -0.0625. The van der Waals surface area contributed by atoms with Crippen LogP contribution in [0.4, 0.5) is 0 Å². The maximum absolute atomic E-state index is 5.09. The summed E-state index contributed by atoms with van der Waals surface area (Å²) in [6, 6.07) is 0.